The van der Waals surface area contributed by atoms with E-state index >= 15 is 0 Å². The Morgan fingerprint density at radius 3 is 2.27 bits per heavy atom. The van der Waals surface area contributed by atoms with E-state index in [2.05, 4.69) is 36.0 Å². The summed E-state index contributed by atoms with van der Waals surface area (Å²) in [5, 5.41) is 6.57. The van der Waals surface area contributed by atoms with Crippen LogP contribution in [0.3, 0.4) is 0 Å². The molecule has 0 fully saturated rings. The summed E-state index contributed by atoms with van der Waals surface area (Å²) in [6.45, 7) is 9.86. The summed E-state index contributed by atoms with van der Waals surface area (Å²) in [5.74, 6) is 0. The first-order valence-corrected chi connectivity index (χ1v) is 5.68. The average molecular weight is 173 g/mol. The Morgan fingerprint density at radius 1 is 1.36 bits per heavy atom. The second-order valence-electron chi connectivity index (χ2n) is 2.25. The molecule has 0 saturated heterocycles. The quantitative estimate of drug-likeness (QED) is 0.352. The Bertz CT molecular complexity index is 91.7. The third-order valence-electron chi connectivity index (χ3n) is 1.28. The molecule has 0 unspecified atom stereocenters. The van der Waals surface area contributed by atoms with E-state index in [-0.39, 0.29) is 16.0 Å². The van der Waals surface area contributed by atoms with E-state index in [9.17, 15) is 0 Å². The summed E-state index contributed by atoms with van der Waals surface area (Å²) in [7, 11) is -0.277. The standard InChI is InChI=1S/C7H19N3Si/c1-4-8-7(9-5-2)10-11-6-3/h6-10H,3-5,11H2,1-2H3. The summed E-state index contributed by atoms with van der Waals surface area (Å²) in [4.78, 5) is 3.37. The van der Waals surface area contributed by atoms with Gasteiger partial charge in [-0.3, -0.25) is 10.6 Å². The Labute approximate surface area is 71.5 Å². The molecule has 0 aromatic carbocycles. The van der Waals surface area contributed by atoms with E-state index in [0.29, 0.717) is 0 Å². The topological polar surface area (TPSA) is 36.1 Å². The van der Waals surface area contributed by atoms with Crippen molar-refractivity contribution in [1.29, 1.82) is 0 Å². The molecule has 0 radical (unpaired) electrons. The monoisotopic (exact) mass is 173 g/mol. The van der Waals surface area contributed by atoms with Gasteiger partial charge in [0.25, 0.3) is 0 Å². The lowest BCUT2D eigenvalue weighted by Gasteiger charge is -2.18. The lowest BCUT2D eigenvalue weighted by atomic mass is 10.6. The van der Waals surface area contributed by atoms with Crippen LogP contribution in [0.4, 0.5) is 0 Å². The minimum atomic E-state index is -0.277. The van der Waals surface area contributed by atoms with Gasteiger partial charge >= 0.3 is 0 Å². The number of hydrogen-bond donors (Lipinski definition) is 3. The summed E-state index contributed by atoms with van der Waals surface area (Å²) in [5.41, 5.74) is 1.99. The van der Waals surface area contributed by atoms with Crippen LogP contribution in [-0.4, -0.2) is 29.1 Å². The Kier molecular flexibility index (Phi) is 7.82. The largest absolute Gasteiger partial charge is 0.312 e. The van der Waals surface area contributed by atoms with E-state index in [1.165, 1.54) is 0 Å². The molecule has 0 aliphatic rings. The zero-order chi connectivity index (χ0) is 8.53. The van der Waals surface area contributed by atoms with Crippen LogP contribution in [0.5, 0.6) is 0 Å². The predicted molar refractivity (Wildman–Crippen MR) is 53.0 cm³/mol. The van der Waals surface area contributed by atoms with Crippen LogP contribution in [0, 0.1) is 0 Å². The molecule has 0 atom stereocenters. The number of nitrogens with one attached hydrogen (secondary N) is 3. The molecule has 3 nitrogen and oxygen atoms in total. The van der Waals surface area contributed by atoms with Crippen LogP contribution in [0.1, 0.15) is 13.8 Å². The molecule has 0 aromatic heterocycles. The molecule has 66 valence electrons. The molecule has 0 aliphatic carbocycles. The van der Waals surface area contributed by atoms with Crippen molar-refractivity contribution in [3.8, 4) is 0 Å². The molecule has 0 bridgehead atoms. The Hall–Kier alpha value is -0.163. The molecule has 0 rings (SSSR count). The summed E-state index contributed by atoms with van der Waals surface area (Å²) >= 11 is 0. The van der Waals surface area contributed by atoms with Crippen molar-refractivity contribution in [3.63, 3.8) is 0 Å². The van der Waals surface area contributed by atoms with Gasteiger partial charge in [-0.15, -0.1) is 6.58 Å². The van der Waals surface area contributed by atoms with Gasteiger partial charge in [-0.1, -0.05) is 19.5 Å². The summed E-state index contributed by atoms with van der Waals surface area (Å²) in [6.07, 6.45) is 0.273. The molecule has 0 aliphatic heterocycles. The molecule has 0 saturated carbocycles. The Balaban J connectivity index is 3.41. The zero-order valence-corrected chi connectivity index (χ0v) is 8.90. The minimum absolute atomic E-state index is 0.273. The molecule has 3 N–H and O–H groups in total. The fourth-order valence-electron chi connectivity index (χ4n) is 0.826. The molecular formula is C7H19N3Si. The van der Waals surface area contributed by atoms with Gasteiger partial charge in [0.05, 0.1) is 0 Å². The van der Waals surface area contributed by atoms with Gasteiger partial charge < -0.3 is 4.98 Å². The van der Waals surface area contributed by atoms with Crippen LogP contribution in [0.25, 0.3) is 0 Å². The first kappa shape index (κ1) is 10.8. The molecule has 0 aromatic rings. The maximum atomic E-state index is 3.70. The van der Waals surface area contributed by atoms with Crippen molar-refractivity contribution >= 4 is 9.68 Å². The third-order valence-corrected chi connectivity index (χ3v) is 2.22. The van der Waals surface area contributed by atoms with Crippen LogP contribution < -0.4 is 15.6 Å². The summed E-state index contributed by atoms with van der Waals surface area (Å²) in [6, 6.07) is 0. The molecule has 11 heavy (non-hydrogen) atoms. The van der Waals surface area contributed by atoms with E-state index < -0.39 is 0 Å². The first-order valence-electron chi connectivity index (χ1n) is 4.16. The third kappa shape index (κ3) is 6.24. The van der Waals surface area contributed by atoms with Crippen molar-refractivity contribution in [1.82, 2.24) is 15.6 Å². The highest BCUT2D eigenvalue weighted by Gasteiger charge is 1.99. The SMILES string of the molecule is C=C[SiH2]NC(NCC)NCC. The Morgan fingerprint density at radius 2 is 1.91 bits per heavy atom. The average Bonchev–Trinajstić information content (AvgIpc) is 2.01. The van der Waals surface area contributed by atoms with Gasteiger partial charge in [0.2, 0.25) is 0 Å². The van der Waals surface area contributed by atoms with E-state index in [1.807, 2.05) is 5.70 Å². The summed E-state index contributed by atoms with van der Waals surface area (Å²) < 4.78 is 0. The molecule has 0 heterocycles. The number of rotatable bonds is 7. The second-order valence-corrected chi connectivity index (χ2v) is 3.64. The van der Waals surface area contributed by atoms with E-state index in [4.69, 9.17) is 0 Å². The highest BCUT2D eigenvalue weighted by atomic mass is 28.2. The van der Waals surface area contributed by atoms with Gasteiger partial charge in [-0.05, 0) is 13.1 Å². The highest BCUT2D eigenvalue weighted by Crippen LogP contribution is 1.69. The first-order chi connectivity index (χ1) is 5.35. The van der Waals surface area contributed by atoms with E-state index in [0.717, 1.165) is 13.1 Å². The lowest BCUT2D eigenvalue weighted by molar-refractivity contribution is 0.427. The minimum Gasteiger partial charge on any atom is -0.312 e. The van der Waals surface area contributed by atoms with Crippen LogP contribution in [-0.2, 0) is 0 Å². The molecule has 4 heteroatoms. The molecular weight excluding hydrogens is 154 g/mol. The van der Waals surface area contributed by atoms with E-state index in [1.54, 1.807) is 0 Å². The zero-order valence-electron chi connectivity index (χ0n) is 7.48. The van der Waals surface area contributed by atoms with Gasteiger partial charge in [0.1, 0.15) is 16.0 Å². The van der Waals surface area contributed by atoms with Crippen molar-refractivity contribution in [2.24, 2.45) is 0 Å². The van der Waals surface area contributed by atoms with Gasteiger partial charge in [-0.2, -0.15) is 0 Å². The molecule has 0 spiro atoms. The fourth-order valence-corrected chi connectivity index (χ4v) is 1.52. The second kappa shape index (κ2) is 7.94. The normalized spacial score (nSPS) is 11.5. The van der Waals surface area contributed by atoms with Gasteiger partial charge in [0.15, 0.2) is 0 Å². The van der Waals surface area contributed by atoms with Gasteiger partial charge in [0, 0.05) is 0 Å². The number of hydrogen-bond acceptors (Lipinski definition) is 3. The van der Waals surface area contributed by atoms with Crippen LogP contribution in [0.2, 0.25) is 0 Å². The molecule has 0 amide bonds. The van der Waals surface area contributed by atoms with Crippen LogP contribution >= 0.6 is 0 Å². The lowest BCUT2D eigenvalue weighted by Crippen LogP contribution is -2.53. The maximum absolute atomic E-state index is 3.70. The smallest absolute Gasteiger partial charge is 0.118 e. The highest BCUT2D eigenvalue weighted by molar-refractivity contribution is 6.38. The van der Waals surface area contributed by atoms with Crippen molar-refractivity contribution in [3.05, 3.63) is 12.3 Å². The fraction of sp³-hybridized carbons (Fsp3) is 0.714. The van der Waals surface area contributed by atoms with Crippen LogP contribution in [0.15, 0.2) is 12.3 Å². The van der Waals surface area contributed by atoms with Crippen molar-refractivity contribution < 1.29 is 0 Å². The van der Waals surface area contributed by atoms with Gasteiger partial charge in [-0.25, -0.2) is 0 Å². The van der Waals surface area contributed by atoms with Crippen molar-refractivity contribution in [2.75, 3.05) is 13.1 Å². The van der Waals surface area contributed by atoms with Crippen molar-refractivity contribution in [2.45, 2.75) is 20.1 Å². The maximum Gasteiger partial charge on any atom is 0.118 e. The predicted octanol–water partition coefficient (Wildman–Crippen LogP) is -0.694.